The van der Waals surface area contributed by atoms with Gasteiger partial charge in [0.05, 0.1) is 29.2 Å². The van der Waals surface area contributed by atoms with Crippen LogP contribution in [0.1, 0.15) is 35.3 Å². The van der Waals surface area contributed by atoms with Crippen molar-refractivity contribution >= 4 is 15.9 Å². The van der Waals surface area contributed by atoms with Crippen LogP contribution >= 0.6 is 0 Å². The minimum atomic E-state index is -3.39. The third-order valence-electron chi connectivity index (χ3n) is 5.13. The molecule has 132 valence electrons. The summed E-state index contributed by atoms with van der Waals surface area (Å²) >= 11 is 0. The van der Waals surface area contributed by atoms with Crippen LogP contribution in [0.2, 0.25) is 0 Å². The van der Waals surface area contributed by atoms with Gasteiger partial charge in [-0.15, -0.1) is 0 Å². The Morgan fingerprint density at radius 2 is 2.12 bits per heavy atom. The van der Waals surface area contributed by atoms with Crippen LogP contribution < -0.4 is 0 Å². The molecule has 3 heterocycles. The lowest BCUT2D eigenvalue weighted by Crippen LogP contribution is -2.63. The smallest absolute Gasteiger partial charge is 0.257 e. The van der Waals surface area contributed by atoms with E-state index in [1.807, 2.05) is 0 Å². The molecule has 1 N–H and O–H groups in total. The molecule has 1 aromatic heterocycles. The first-order valence-electron chi connectivity index (χ1n) is 7.97. The molecule has 0 radical (unpaired) electrons. The monoisotopic (exact) mass is 354 g/mol. The summed E-state index contributed by atoms with van der Waals surface area (Å²) in [5.41, 5.74) is 0.211. The predicted octanol–water partition coefficient (Wildman–Crippen LogP) is -0.214. The normalized spacial score (nSPS) is 28.5. The van der Waals surface area contributed by atoms with Gasteiger partial charge >= 0.3 is 0 Å². The van der Waals surface area contributed by atoms with Gasteiger partial charge in [-0.25, -0.2) is 18.4 Å². The van der Waals surface area contributed by atoms with Crippen LogP contribution in [0.4, 0.5) is 0 Å². The molecule has 9 heteroatoms. The lowest BCUT2D eigenvalue weighted by Gasteiger charge is -2.47. The Morgan fingerprint density at radius 1 is 1.38 bits per heavy atom. The fourth-order valence-corrected chi connectivity index (χ4v) is 5.30. The van der Waals surface area contributed by atoms with E-state index >= 15 is 0 Å². The van der Waals surface area contributed by atoms with E-state index in [1.54, 1.807) is 11.8 Å². The Balaban J connectivity index is 1.81. The molecule has 0 saturated carbocycles. The van der Waals surface area contributed by atoms with Crippen LogP contribution in [0.3, 0.4) is 0 Å². The minimum Gasteiger partial charge on any atom is -0.389 e. The summed E-state index contributed by atoms with van der Waals surface area (Å²) < 4.78 is 25.5. The molecular formula is C15H22N4O4S. The molecule has 3 rings (SSSR count). The molecule has 8 nitrogen and oxygen atoms in total. The van der Waals surface area contributed by atoms with E-state index in [0.29, 0.717) is 37.2 Å². The third-order valence-corrected chi connectivity index (χ3v) is 6.47. The Kier molecular flexibility index (Phi) is 4.35. The van der Waals surface area contributed by atoms with Crippen molar-refractivity contribution in [3.05, 3.63) is 23.8 Å². The first-order chi connectivity index (χ1) is 11.3. The fraction of sp³-hybridized carbons (Fsp3) is 0.667. The van der Waals surface area contributed by atoms with E-state index in [0.717, 1.165) is 6.42 Å². The van der Waals surface area contributed by atoms with Gasteiger partial charge in [-0.05, 0) is 26.2 Å². The number of aliphatic hydroxyl groups excluding tert-OH is 1. The molecule has 2 saturated heterocycles. The van der Waals surface area contributed by atoms with Gasteiger partial charge in [-0.3, -0.25) is 4.79 Å². The molecule has 0 aliphatic carbocycles. The number of hydrogen-bond acceptors (Lipinski definition) is 6. The van der Waals surface area contributed by atoms with E-state index in [1.165, 1.54) is 23.1 Å². The van der Waals surface area contributed by atoms with Crippen molar-refractivity contribution in [2.75, 3.05) is 25.9 Å². The standard InChI is InChI=1S/C15H22N4O4S/c1-11-12(8-16-10-17-11)14(21)18-7-5-15(13(20)9-18)4-3-6-19(15)24(2,22)23/h8,10,13,20H,3-7,9H2,1-2H3/t13-,15-/m0/s1. The van der Waals surface area contributed by atoms with Crippen LogP contribution in [-0.2, 0) is 10.0 Å². The summed E-state index contributed by atoms with van der Waals surface area (Å²) in [5, 5.41) is 10.7. The highest BCUT2D eigenvalue weighted by atomic mass is 32.2. The Hall–Kier alpha value is -1.58. The number of amides is 1. The molecule has 2 aliphatic heterocycles. The molecule has 24 heavy (non-hydrogen) atoms. The fourth-order valence-electron chi connectivity index (χ4n) is 3.88. The van der Waals surface area contributed by atoms with Gasteiger partial charge in [-0.1, -0.05) is 0 Å². The average molecular weight is 354 g/mol. The van der Waals surface area contributed by atoms with Crippen LogP contribution in [0.25, 0.3) is 0 Å². The van der Waals surface area contributed by atoms with Crippen molar-refractivity contribution in [2.24, 2.45) is 0 Å². The van der Waals surface area contributed by atoms with Gasteiger partial charge < -0.3 is 10.0 Å². The average Bonchev–Trinajstić information content (AvgIpc) is 2.95. The van der Waals surface area contributed by atoms with Crippen molar-refractivity contribution in [3.63, 3.8) is 0 Å². The van der Waals surface area contributed by atoms with Crippen LogP contribution in [0, 0.1) is 6.92 Å². The second-order valence-corrected chi connectivity index (χ2v) is 8.49. The van der Waals surface area contributed by atoms with Gasteiger partial charge in [0.15, 0.2) is 0 Å². The Bertz CT molecular complexity index is 754. The third kappa shape index (κ3) is 2.80. The maximum atomic E-state index is 12.7. The first-order valence-corrected chi connectivity index (χ1v) is 9.82. The molecule has 0 bridgehead atoms. The number of hydrogen-bond donors (Lipinski definition) is 1. The van der Waals surface area contributed by atoms with Gasteiger partial charge in [0.2, 0.25) is 10.0 Å². The number of sulfonamides is 1. The van der Waals surface area contributed by atoms with E-state index in [9.17, 15) is 18.3 Å². The lowest BCUT2D eigenvalue weighted by molar-refractivity contribution is -0.0292. The van der Waals surface area contributed by atoms with Gasteiger partial charge in [-0.2, -0.15) is 4.31 Å². The molecule has 2 aliphatic rings. The molecule has 1 aromatic rings. The Labute approximate surface area is 141 Å². The zero-order valence-corrected chi connectivity index (χ0v) is 14.7. The SMILES string of the molecule is Cc1ncncc1C(=O)N1CC[C@@]2(CCCN2S(C)(=O)=O)[C@@H](O)C1. The molecule has 2 atom stereocenters. The first kappa shape index (κ1) is 17.2. The summed E-state index contributed by atoms with van der Waals surface area (Å²) in [6, 6.07) is 0. The van der Waals surface area contributed by atoms with Gasteiger partial charge in [0, 0.05) is 25.8 Å². The van der Waals surface area contributed by atoms with Crippen LogP contribution in [-0.4, -0.2) is 76.1 Å². The van der Waals surface area contributed by atoms with Crippen molar-refractivity contribution in [3.8, 4) is 0 Å². The second-order valence-electron chi connectivity index (χ2n) is 6.58. The number of carbonyl (C=O) groups is 1. The van der Waals surface area contributed by atoms with Crippen molar-refractivity contribution in [2.45, 2.75) is 37.8 Å². The number of aryl methyl sites for hydroxylation is 1. The maximum Gasteiger partial charge on any atom is 0.257 e. The summed E-state index contributed by atoms with van der Waals surface area (Å²) in [7, 11) is -3.39. The van der Waals surface area contributed by atoms with Crippen LogP contribution in [0.15, 0.2) is 12.5 Å². The van der Waals surface area contributed by atoms with Crippen molar-refractivity contribution < 1.29 is 18.3 Å². The van der Waals surface area contributed by atoms with Crippen molar-refractivity contribution in [1.82, 2.24) is 19.2 Å². The summed E-state index contributed by atoms with van der Waals surface area (Å²) in [6.45, 7) is 2.67. The van der Waals surface area contributed by atoms with E-state index < -0.39 is 21.7 Å². The topological polar surface area (TPSA) is 104 Å². The largest absolute Gasteiger partial charge is 0.389 e. The summed E-state index contributed by atoms with van der Waals surface area (Å²) in [5.74, 6) is -0.231. The minimum absolute atomic E-state index is 0.110. The number of β-amino-alcohol motifs (C(OH)–C–C–N with tert-alkyl or cyclic N) is 1. The molecule has 2 fully saturated rings. The highest BCUT2D eigenvalue weighted by molar-refractivity contribution is 7.88. The number of aromatic nitrogens is 2. The molecular weight excluding hydrogens is 332 g/mol. The lowest BCUT2D eigenvalue weighted by atomic mass is 9.83. The Morgan fingerprint density at radius 3 is 2.75 bits per heavy atom. The number of piperidine rings is 1. The van der Waals surface area contributed by atoms with Gasteiger partial charge in [0.1, 0.15) is 6.33 Å². The predicted molar refractivity (Wildman–Crippen MR) is 86.8 cm³/mol. The second kappa shape index (κ2) is 6.05. The van der Waals surface area contributed by atoms with Crippen molar-refractivity contribution in [1.29, 1.82) is 0 Å². The molecule has 1 amide bonds. The van der Waals surface area contributed by atoms with E-state index in [2.05, 4.69) is 9.97 Å². The number of rotatable bonds is 2. The van der Waals surface area contributed by atoms with Gasteiger partial charge in [0.25, 0.3) is 5.91 Å². The van der Waals surface area contributed by atoms with Crippen LogP contribution in [0.5, 0.6) is 0 Å². The quantitative estimate of drug-likeness (QED) is 0.788. The van der Waals surface area contributed by atoms with E-state index in [-0.39, 0.29) is 12.5 Å². The highest BCUT2D eigenvalue weighted by Gasteiger charge is 2.53. The summed E-state index contributed by atoms with van der Waals surface area (Å²) in [4.78, 5) is 22.1. The zero-order chi connectivity index (χ0) is 17.5. The summed E-state index contributed by atoms with van der Waals surface area (Å²) in [6.07, 6.45) is 4.90. The highest BCUT2D eigenvalue weighted by Crippen LogP contribution is 2.40. The number of aliphatic hydroxyl groups is 1. The van der Waals surface area contributed by atoms with E-state index in [4.69, 9.17) is 0 Å². The number of likely N-dealkylation sites (tertiary alicyclic amines) is 1. The molecule has 1 spiro atoms. The molecule has 0 aromatic carbocycles. The number of carbonyl (C=O) groups excluding carboxylic acids is 1. The number of nitrogens with zero attached hydrogens (tertiary/aromatic N) is 4. The molecule has 0 unspecified atom stereocenters. The zero-order valence-electron chi connectivity index (χ0n) is 13.8. The maximum absolute atomic E-state index is 12.7.